The minimum atomic E-state index is -4.45. The van der Waals surface area contributed by atoms with Crippen LogP contribution in [0.4, 0.5) is 13.2 Å². The summed E-state index contributed by atoms with van der Waals surface area (Å²) in [7, 11) is 1.33. The normalized spacial score (nSPS) is 11.9. The number of hydrogen-bond donors (Lipinski definition) is 0. The Labute approximate surface area is 139 Å². The Morgan fingerprint density at radius 2 is 1.96 bits per heavy atom. The van der Waals surface area contributed by atoms with Crippen molar-refractivity contribution in [2.75, 3.05) is 13.4 Å². The van der Waals surface area contributed by atoms with Gasteiger partial charge in [-0.25, -0.2) is 4.98 Å². The summed E-state index contributed by atoms with van der Waals surface area (Å²) in [5, 5.41) is 8.92. The van der Waals surface area contributed by atoms with Gasteiger partial charge in [0.25, 0.3) is 0 Å². The number of halogens is 3. The van der Waals surface area contributed by atoms with Crippen molar-refractivity contribution in [1.82, 2.24) is 19.6 Å². The van der Waals surface area contributed by atoms with Crippen LogP contribution < -0.4 is 4.74 Å². The second kappa shape index (κ2) is 5.97. The van der Waals surface area contributed by atoms with Gasteiger partial charge in [0.1, 0.15) is 5.75 Å². The Bertz CT molecular complexity index is 908. The number of thioether (sulfide) groups is 1. The van der Waals surface area contributed by atoms with Crippen LogP contribution in [0, 0.1) is 6.92 Å². The maximum Gasteiger partial charge on any atom is 0.416 e. The quantitative estimate of drug-likeness (QED) is 0.669. The summed E-state index contributed by atoms with van der Waals surface area (Å²) in [5.41, 5.74) is 0.668. The van der Waals surface area contributed by atoms with Gasteiger partial charge in [-0.05, 0) is 30.9 Å². The van der Waals surface area contributed by atoms with Crippen LogP contribution in [-0.2, 0) is 6.18 Å². The Morgan fingerprint density at radius 3 is 2.58 bits per heavy atom. The number of aryl methyl sites for hydroxylation is 1. The van der Waals surface area contributed by atoms with Crippen LogP contribution in [0.3, 0.4) is 0 Å². The summed E-state index contributed by atoms with van der Waals surface area (Å²) in [4.78, 5) is 4.24. The lowest BCUT2D eigenvalue weighted by atomic mass is 10.0. The van der Waals surface area contributed by atoms with Gasteiger partial charge in [0.05, 0.1) is 18.2 Å². The molecule has 0 aliphatic rings. The van der Waals surface area contributed by atoms with Gasteiger partial charge in [-0.3, -0.25) is 4.40 Å². The number of ether oxygens (including phenoxy) is 1. The number of rotatable bonds is 3. The average Bonchev–Trinajstić information content (AvgIpc) is 3.02. The van der Waals surface area contributed by atoms with Crippen molar-refractivity contribution < 1.29 is 17.9 Å². The topological polar surface area (TPSA) is 52.3 Å². The average molecular weight is 354 g/mol. The van der Waals surface area contributed by atoms with E-state index in [1.165, 1.54) is 18.9 Å². The van der Waals surface area contributed by atoms with Gasteiger partial charge in [-0.15, -0.1) is 22.0 Å². The Kier molecular flexibility index (Phi) is 4.12. The molecule has 0 aliphatic carbocycles. The van der Waals surface area contributed by atoms with E-state index in [2.05, 4.69) is 15.2 Å². The maximum atomic E-state index is 13.0. The Morgan fingerprint density at radius 1 is 1.21 bits per heavy atom. The summed E-state index contributed by atoms with van der Waals surface area (Å²) in [6.07, 6.45) is 0.682. The van der Waals surface area contributed by atoms with Gasteiger partial charge in [-0.1, -0.05) is 0 Å². The fourth-order valence-corrected chi connectivity index (χ4v) is 2.94. The molecule has 0 aliphatic heterocycles. The Balaban J connectivity index is 2.29. The van der Waals surface area contributed by atoms with E-state index in [9.17, 15) is 13.2 Å². The first-order valence-corrected chi connectivity index (χ1v) is 8.09. The van der Waals surface area contributed by atoms with Gasteiger partial charge >= 0.3 is 6.18 Å². The lowest BCUT2D eigenvalue weighted by molar-refractivity contribution is -0.137. The van der Waals surface area contributed by atoms with E-state index >= 15 is 0 Å². The molecule has 3 aromatic rings. The van der Waals surface area contributed by atoms with Gasteiger partial charge < -0.3 is 4.74 Å². The lowest BCUT2D eigenvalue weighted by Crippen LogP contribution is -2.08. The van der Waals surface area contributed by atoms with Crippen LogP contribution in [-0.4, -0.2) is 32.9 Å². The number of alkyl halides is 3. The SMILES string of the molecule is COc1cc(C(F)(F)F)cc(C)c1-c1nnc(SC)c2nccn12. The van der Waals surface area contributed by atoms with Crippen molar-refractivity contribution in [2.24, 2.45) is 0 Å². The summed E-state index contributed by atoms with van der Waals surface area (Å²) in [5.74, 6) is 0.465. The zero-order valence-electron chi connectivity index (χ0n) is 13.0. The summed E-state index contributed by atoms with van der Waals surface area (Å²) < 4.78 is 45.9. The van der Waals surface area contributed by atoms with E-state index in [1.807, 2.05) is 6.26 Å². The molecule has 0 unspecified atom stereocenters. The van der Waals surface area contributed by atoms with Crippen molar-refractivity contribution in [3.05, 3.63) is 35.7 Å². The third-order valence-electron chi connectivity index (χ3n) is 3.56. The molecular formula is C15H13F3N4OS. The highest BCUT2D eigenvalue weighted by Gasteiger charge is 2.32. The lowest BCUT2D eigenvalue weighted by Gasteiger charge is -2.16. The maximum absolute atomic E-state index is 13.0. The molecule has 0 saturated carbocycles. The number of nitrogens with zero attached hydrogens (tertiary/aromatic N) is 4. The van der Waals surface area contributed by atoms with Gasteiger partial charge in [0.2, 0.25) is 0 Å². The first-order chi connectivity index (χ1) is 11.4. The molecule has 0 saturated heterocycles. The second-order valence-electron chi connectivity index (χ2n) is 5.02. The molecule has 1 aromatic carbocycles. The number of benzene rings is 1. The molecule has 0 spiro atoms. The molecule has 24 heavy (non-hydrogen) atoms. The van der Waals surface area contributed by atoms with Gasteiger partial charge in [0, 0.05) is 12.4 Å². The standard InChI is InChI=1S/C15H13F3N4OS/c1-8-6-9(15(16,17)18)7-10(23-2)11(8)12-20-21-14(24-3)13-19-4-5-22(12)13/h4-7H,1-3H3. The molecule has 126 valence electrons. The van der Waals surface area contributed by atoms with Crippen LogP contribution in [0.1, 0.15) is 11.1 Å². The molecule has 0 radical (unpaired) electrons. The van der Waals surface area contributed by atoms with Gasteiger partial charge in [0.15, 0.2) is 16.5 Å². The molecule has 0 amide bonds. The van der Waals surface area contributed by atoms with Crippen molar-refractivity contribution in [3.63, 3.8) is 0 Å². The van der Waals surface area contributed by atoms with E-state index < -0.39 is 11.7 Å². The monoisotopic (exact) mass is 354 g/mol. The molecule has 2 heterocycles. The molecule has 0 fully saturated rings. The minimum Gasteiger partial charge on any atom is -0.496 e. The predicted molar refractivity (Wildman–Crippen MR) is 84.3 cm³/mol. The van der Waals surface area contributed by atoms with Crippen LogP contribution in [0.25, 0.3) is 17.0 Å². The van der Waals surface area contributed by atoms with Crippen molar-refractivity contribution in [1.29, 1.82) is 0 Å². The smallest absolute Gasteiger partial charge is 0.416 e. The van der Waals surface area contributed by atoms with Crippen LogP contribution in [0.5, 0.6) is 5.75 Å². The third-order valence-corrected chi connectivity index (χ3v) is 4.21. The van der Waals surface area contributed by atoms with E-state index in [-0.39, 0.29) is 5.75 Å². The van der Waals surface area contributed by atoms with Crippen molar-refractivity contribution in [3.8, 4) is 17.1 Å². The highest BCUT2D eigenvalue weighted by molar-refractivity contribution is 7.98. The number of aromatic nitrogens is 4. The van der Waals surface area contributed by atoms with Gasteiger partial charge in [-0.2, -0.15) is 13.2 Å². The van der Waals surface area contributed by atoms with E-state index in [4.69, 9.17) is 4.74 Å². The fourth-order valence-electron chi connectivity index (χ4n) is 2.49. The second-order valence-corrected chi connectivity index (χ2v) is 5.82. The molecule has 9 heteroatoms. The molecule has 0 bridgehead atoms. The van der Waals surface area contributed by atoms with Crippen LogP contribution in [0.15, 0.2) is 29.6 Å². The fraction of sp³-hybridized carbons (Fsp3) is 0.267. The Hall–Kier alpha value is -2.29. The van der Waals surface area contributed by atoms with Crippen molar-refractivity contribution >= 4 is 17.4 Å². The van der Waals surface area contributed by atoms with Crippen LogP contribution in [0.2, 0.25) is 0 Å². The predicted octanol–water partition coefficient (Wildman–Crippen LogP) is 3.85. The summed E-state index contributed by atoms with van der Waals surface area (Å²) >= 11 is 1.39. The van der Waals surface area contributed by atoms with E-state index in [0.29, 0.717) is 27.6 Å². The van der Waals surface area contributed by atoms with Crippen molar-refractivity contribution in [2.45, 2.75) is 18.1 Å². The summed E-state index contributed by atoms with van der Waals surface area (Å²) in [6, 6.07) is 2.04. The molecule has 5 nitrogen and oxygen atoms in total. The first kappa shape index (κ1) is 16.6. The number of fused-ring (bicyclic) bond motifs is 1. The molecule has 0 atom stereocenters. The first-order valence-electron chi connectivity index (χ1n) is 6.86. The number of hydrogen-bond acceptors (Lipinski definition) is 5. The minimum absolute atomic E-state index is 0.0866. The zero-order valence-corrected chi connectivity index (χ0v) is 13.9. The number of methoxy groups -OCH3 is 1. The highest BCUT2D eigenvalue weighted by Crippen LogP contribution is 2.39. The molecule has 3 rings (SSSR count). The number of imidazole rings is 1. The third kappa shape index (κ3) is 2.68. The summed E-state index contributed by atoms with van der Waals surface area (Å²) in [6.45, 7) is 1.58. The highest BCUT2D eigenvalue weighted by atomic mass is 32.2. The zero-order chi connectivity index (χ0) is 17.5. The molecular weight excluding hydrogens is 341 g/mol. The molecule has 0 N–H and O–H groups in total. The van der Waals surface area contributed by atoms with Crippen LogP contribution >= 0.6 is 11.8 Å². The largest absolute Gasteiger partial charge is 0.496 e. The van der Waals surface area contributed by atoms with E-state index in [1.54, 1.807) is 23.7 Å². The molecule has 2 aromatic heterocycles. The van der Waals surface area contributed by atoms with E-state index in [0.717, 1.165) is 12.1 Å².